The van der Waals surface area contributed by atoms with Crippen molar-refractivity contribution < 1.29 is 13.9 Å². The number of anilines is 1. The maximum atomic E-state index is 12.9. The van der Waals surface area contributed by atoms with Gasteiger partial charge in [0.05, 0.1) is 5.69 Å². The molecule has 10 heteroatoms. The van der Waals surface area contributed by atoms with Crippen molar-refractivity contribution in [2.75, 3.05) is 5.32 Å². The van der Waals surface area contributed by atoms with Gasteiger partial charge in [0.15, 0.2) is 0 Å². The van der Waals surface area contributed by atoms with Gasteiger partial charge in [0.25, 0.3) is 5.91 Å². The Balaban J connectivity index is 1.39. The molecule has 0 saturated heterocycles. The topological polar surface area (TPSA) is 94.8 Å². The number of rotatable bonds is 6. The quantitative estimate of drug-likeness (QED) is 0.538. The van der Waals surface area contributed by atoms with Crippen molar-refractivity contribution in [3.8, 4) is 11.4 Å². The van der Waals surface area contributed by atoms with Crippen LogP contribution in [0.25, 0.3) is 5.69 Å². The van der Waals surface area contributed by atoms with Crippen LogP contribution >= 0.6 is 11.3 Å². The maximum absolute atomic E-state index is 12.9. The SMILES string of the molecule is O=C(Nc1cccc(-n2cnnn2)c1)c1csc(COc2ccc(F)cc2)n1. The summed E-state index contributed by atoms with van der Waals surface area (Å²) in [5, 5.41) is 16.1. The molecule has 0 radical (unpaired) electrons. The largest absolute Gasteiger partial charge is 0.486 e. The summed E-state index contributed by atoms with van der Waals surface area (Å²) < 4.78 is 19.9. The van der Waals surface area contributed by atoms with E-state index in [-0.39, 0.29) is 24.0 Å². The first-order chi connectivity index (χ1) is 13.7. The zero-order chi connectivity index (χ0) is 19.3. The average Bonchev–Trinajstić information content (AvgIpc) is 3.40. The molecule has 1 N–H and O–H groups in total. The van der Waals surface area contributed by atoms with Crippen molar-refractivity contribution in [2.24, 2.45) is 0 Å². The highest BCUT2D eigenvalue weighted by Crippen LogP contribution is 2.18. The zero-order valence-corrected chi connectivity index (χ0v) is 15.1. The summed E-state index contributed by atoms with van der Waals surface area (Å²) in [6, 6.07) is 12.8. The van der Waals surface area contributed by atoms with E-state index in [1.54, 1.807) is 23.6 Å². The minimum absolute atomic E-state index is 0.193. The number of benzene rings is 2. The van der Waals surface area contributed by atoms with E-state index >= 15 is 0 Å². The van der Waals surface area contributed by atoms with Crippen LogP contribution in [-0.4, -0.2) is 31.1 Å². The molecule has 0 aliphatic heterocycles. The van der Waals surface area contributed by atoms with Gasteiger partial charge in [-0.25, -0.2) is 14.1 Å². The zero-order valence-electron chi connectivity index (χ0n) is 14.3. The average molecular weight is 396 g/mol. The summed E-state index contributed by atoms with van der Waals surface area (Å²) in [6.07, 6.45) is 1.47. The number of ether oxygens (including phenoxy) is 1. The molecule has 0 aliphatic rings. The molecule has 0 aliphatic carbocycles. The van der Waals surface area contributed by atoms with Gasteiger partial charge in [-0.15, -0.1) is 16.4 Å². The lowest BCUT2D eigenvalue weighted by Gasteiger charge is -2.06. The van der Waals surface area contributed by atoms with Crippen LogP contribution in [0, 0.1) is 5.82 Å². The molecule has 2 aromatic heterocycles. The number of hydrogen-bond donors (Lipinski definition) is 1. The third kappa shape index (κ3) is 4.18. The van der Waals surface area contributed by atoms with Gasteiger partial charge in [0.1, 0.15) is 35.2 Å². The molecule has 0 fully saturated rings. The van der Waals surface area contributed by atoms with Gasteiger partial charge in [-0.2, -0.15) is 0 Å². The van der Waals surface area contributed by atoms with E-state index in [1.165, 1.54) is 46.6 Å². The number of tetrazole rings is 1. The second kappa shape index (κ2) is 7.92. The fourth-order valence-corrected chi connectivity index (χ4v) is 3.04. The first kappa shape index (κ1) is 17.7. The van der Waals surface area contributed by atoms with Gasteiger partial charge in [0, 0.05) is 11.1 Å². The van der Waals surface area contributed by atoms with Crippen molar-refractivity contribution >= 4 is 22.9 Å². The van der Waals surface area contributed by atoms with Crippen LogP contribution in [0.5, 0.6) is 5.75 Å². The number of halogens is 1. The predicted octanol–water partition coefficient (Wildman–Crippen LogP) is 3.09. The Morgan fingerprint density at radius 1 is 1.21 bits per heavy atom. The van der Waals surface area contributed by atoms with Gasteiger partial charge in [-0.1, -0.05) is 6.07 Å². The number of nitrogens with zero attached hydrogens (tertiary/aromatic N) is 5. The molecule has 28 heavy (non-hydrogen) atoms. The second-order valence-corrected chi connectivity index (χ2v) is 6.57. The lowest BCUT2D eigenvalue weighted by molar-refractivity contribution is 0.102. The van der Waals surface area contributed by atoms with Gasteiger partial charge in [-0.05, 0) is 52.9 Å². The number of nitrogens with one attached hydrogen (secondary N) is 1. The van der Waals surface area contributed by atoms with Crippen LogP contribution in [0.4, 0.5) is 10.1 Å². The fraction of sp³-hybridized carbons (Fsp3) is 0.0556. The number of aromatic nitrogens is 5. The Morgan fingerprint density at radius 2 is 2.07 bits per heavy atom. The highest BCUT2D eigenvalue weighted by Gasteiger charge is 2.12. The van der Waals surface area contributed by atoms with Crippen LogP contribution in [0.2, 0.25) is 0 Å². The van der Waals surface area contributed by atoms with E-state index in [4.69, 9.17) is 4.74 Å². The Bertz CT molecular complexity index is 1080. The van der Waals surface area contributed by atoms with Gasteiger partial charge in [0.2, 0.25) is 0 Å². The van der Waals surface area contributed by atoms with E-state index in [9.17, 15) is 9.18 Å². The molecule has 0 bridgehead atoms. The van der Waals surface area contributed by atoms with E-state index < -0.39 is 0 Å². The number of thiazole rings is 1. The molecular formula is C18H13FN6O2S. The molecule has 8 nitrogen and oxygen atoms in total. The van der Waals surface area contributed by atoms with E-state index in [2.05, 4.69) is 25.8 Å². The predicted molar refractivity (Wildman–Crippen MR) is 100.0 cm³/mol. The monoisotopic (exact) mass is 396 g/mol. The maximum Gasteiger partial charge on any atom is 0.275 e. The van der Waals surface area contributed by atoms with Crippen LogP contribution < -0.4 is 10.1 Å². The third-order valence-corrected chi connectivity index (χ3v) is 4.50. The van der Waals surface area contributed by atoms with Crippen molar-refractivity contribution in [2.45, 2.75) is 6.61 Å². The summed E-state index contributed by atoms with van der Waals surface area (Å²) >= 11 is 1.31. The van der Waals surface area contributed by atoms with E-state index in [0.29, 0.717) is 16.4 Å². The molecule has 2 heterocycles. The second-order valence-electron chi connectivity index (χ2n) is 5.63. The van der Waals surface area contributed by atoms with Crippen LogP contribution in [-0.2, 0) is 6.61 Å². The molecule has 0 spiro atoms. The Morgan fingerprint density at radius 3 is 2.86 bits per heavy atom. The van der Waals surface area contributed by atoms with Crippen molar-refractivity contribution in [3.05, 3.63) is 76.8 Å². The van der Waals surface area contributed by atoms with Gasteiger partial charge < -0.3 is 10.1 Å². The number of amides is 1. The first-order valence-electron chi connectivity index (χ1n) is 8.15. The lowest BCUT2D eigenvalue weighted by atomic mass is 10.2. The third-order valence-electron chi connectivity index (χ3n) is 3.68. The fourth-order valence-electron chi connectivity index (χ4n) is 2.36. The molecule has 0 unspecified atom stereocenters. The highest BCUT2D eigenvalue weighted by atomic mass is 32.1. The molecular weight excluding hydrogens is 383 g/mol. The first-order valence-corrected chi connectivity index (χ1v) is 9.03. The Kier molecular flexibility index (Phi) is 5.02. The van der Waals surface area contributed by atoms with Crippen LogP contribution in [0.15, 0.2) is 60.2 Å². The summed E-state index contributed by atoms with van der Waals surface area (Å²) in [4.78, 5) is 16.7. The lowest BCUT2D eigenvalue weighted by Crippen LogP contribution is -2.13. The molecule has 4 rings (SSSR count). The smallest absolute Gasteiger partial charge is 0.275 e. The van der Waals surface area contributed by atoms with E-state index in [1.807, 2.05) is 6.07 Å². The standard InChI is InChI=1S/C18H13FN6O2S/c19-12-4-6-15(7-5-12)27-9-17-22-16(10-28-17)18(26)21-13-2-1-3-14(8-13)25-11-20-23-24-25/h1-8,10-11H,9H2,(H,21,26). The van der Waals surface area contributed by atoms with Gasteiger partial charge in [-0.3, -0.25) is 4.79 Å². The molecule has 1 amide bonds. The summed E-state index contributed by atoms with van der Waals surface area (Å²) in [5.41, 5.74) is 1.60. The molecule has 2 aromatic carbocycles. The van der Waals surface area contributed by atoms with Gasteiger partial charge >= 0.3 is 0 Å². The Hall–Kier alpha value is -3.66. The number of hydrogen-bond acceptors (Lipinski definition) is 7. The van der Waals surface area contributed by atoms with Crippen molar-refractivity contribution in [3.63, 3.8) is 0 Å². The molecule has 140 valence electrons. The number of carbonyl (C=O) groups excluding carboxylic acids is 1. The van der Waals surface area contributed by atoms with Crippen molar-refractivity contribution in [1.29, 1.82) is 0 Å². The summed E-state index contributed by atoms with van der Waals surface area (Å²) in [7, 11) is 0. The molecule has 0 saturated carbocycles. The van der Waals surface area contributed by atoms with E-state index in [0.717, 1.165) is 5.69 Å². The number of carbonyl (C=O) groups is 1. The minimum atomic E-state index is -0.335. The normalized spacial score (nSPS) is 10.6. The summed E-state index contributed by atoms with van der Waals surface area (Å²) in [5.74, 6) is -0.134. The minimum Gasteiger partial charge on any atom is -0.486 e. The van der Waals surface area contributed by atoms with Crippen LogP contribution in [0.1, 0.15) is 15.5 Å². The molecule has 4 aromatic rings. The Labute approximate surface area is 162 Å². The van der Waals surface area contributed by atoms with Crippen molar-refractivity contribution in [1.82, 2.24) is 25.2 Å². The van der Waals surface area contributed by atoms with Crippen LogP contribution in [0.3, 0.4) is 0 Å². The highest BCUT2D eigenvalue weighted by molar-refractivity contribution is 7.09. The molecule has 0 atom stereocenters. The summed E-state index contributed by atoms with van der Waals surface area (Å²) in [6.45, 7) is 0.193.